The Morgan fingerprint density at radius 1 is 1.05 bits per heavy atom. The van der Waals surface area contributed by atoms with Crippen LogP contribution in [0.3, 0.4) is 0 Å². The predicted molar refractivity (Wildman–Crippen MR) is 154 cm³/mol. The molecular formula is C34H50O6. The molecule has 0 amide bonds. The van der Waals surface area contributed by atoms with Gasteiger partial charge in [0, 0.05) is 18.3 Å². The van der Waals surface area contributed by atoms with E-state index in [0.717, 1.165) is 24.8 Å². The molecule has 6 nitrogen and oxygen atoms in total. The maximum atomic E-state index is 13.7. The largest absolute Gasteiger partial charge is 0.462 e. The monoisotopic (exact) mass is 554 g/mol. The van der Waals surface area contributed by atoms with Crippen molar-refractivity contribution < 1.29 is 29.3 Å². The summed E-state index contributed by atoms with van der Waals surface area (Å²) in [5.74, 6) is -0.237. The summed E-state index contributed by atoms with van der Waals surface area (Å²) >= 11 is 0. The second-order valence-corrected chi connectivity index (χ2v) is 14.9. The minimum absolute atomic E-state index is 0.0219. The summed E-state index contributed by atoms with van der Waals surface area (Å²) in [5, 5.41) is 21.5. The Bertz CT molecular complexity index is 1180. The fourth-order valence-electron chi connectivity index (χ4n) is 10.1. The Labute approximate surface area is 240 Å². The van der Waals surface area contributed by atoms with Gasteiger partial charge in [0.25, 0.3) is 0 Å². The predicted octanol–water partition coefficient (Wildman–Crippen LogP) is 5.92. The summed E-state index contributed by atoms with van der Waals surface area (Å²) in [6.45, 7) is 18.4. The summed E-state index contributed by atoms with van der Waals surface area (Å²) in [7, 11) is 0. The Balaban J connectivity index is 1.68. The van der Waals surface area contributed by atoms with E-state index in [1.165, 1.54) is 18.1 Å². The number of carbonyl (C=O) groups is 2. The van der Waals surface area contributed by atoms with Gasteiger partial charge in [-0.25, -0.2) is 0 Å². The highest BCUT2D eigenvalue weighted by Crippen LogP contribution is 2.73. The van der Waals surface area contributed by atoms with Crippen LogP contribution < -0.4 is 0 Å². The number of hydrogen-bond donors (Lipinski definition) is 2. The summed E-state index contributed by atoms with van der Waals surface area (Å²) < 4.78 is 12.3. The van der Waals surface area contributed by atoms with E-state index in [-0.39, 0.29) is 64.6 Å². The zero-order chi connectivity index (χ0) is 29.6. The third-order valence-electron chi connectivity index (χ3n) is 12.8. The van der Waals surface area contributed by atoms with Crippen molar-refractivity contribution in [3.05, 3.63) is 34.9 Å². The first-order valence-electron chi connectivity index (χ1n) is 15.3. The third kappa shape index (κ3) is 3.91. The van der Waals surface area contributed by atoms with Crippen molar-refractivity contribution >= 4 is 11.8 Å². The van der Waals surface area contributed by atoms with E-state index in [0.29, 0.717) is 12.8 Å². The average Bonchev–Trinajstić information content (AvgIpc) is 3.09. The summed E-state index contributed by atoms with van der Waals surface area (Å²) in [5.41, 5.74) is 1.73. The quantitative estimate of drug-likeness (QED) is 0.331. The van der Waals surface area contributed by atoms with Gasteiger partial charge in [-0.3, -0.25) is 9.59 Å². The van der Waals surface area contributed by atoms with E-state index in [4.69, 9.17) is 9.47 Å². The van der Waals surface area contributed by atoms with Crippen molar-refractivity contribution in [1.82, 2.24) is 0 Å². The molecule has 40 heavy (non-hydrogen) atoms. The van der Waals surface area contributed by atoms with Gasteiger partial charge in [0.2, 0.25) is 0 Å². The second kappa shape index (κ2) is 9.64. The molecule has 4 aliphatic carbocycles. The molecule has 2 fully saturated rings. The summed E-state index contributed by atoms with van der Waals surface area (Å²) in [4.78, 5) is 26.2. The molecule has 0 spiro atoms. The molecule has 0 radical (unpaired) electrons. The van der Waals surface area contributed by atoms with E-state index in [1.807, 2.05) is 6.92 Å². The lowest BCUT2D eigenvalue weighted by Gasteiger charge is -2.62. The zero-order valence-electron chi connectivity index (χ0n) is 25.9. The van der Waals surface area contributed by atoms with Crippen LogP contribution in [0, 0.1) is 45.3 Å². The first kappa shape index (κ1) is 29.7. The molecule has 1 aliphatic heterocycles. The Hall–Kier alpha value is -1.76. The van der Waals surface area contributed by atoms with Crippen molar-refractivity contribution in [1.29, 1.82) is 0 Å². The van der Waals surface area contributed by atoms with Crippen molar-refractivity contribution in [3.63, 3.8) is 0 Å². The van der Waals surface area contributed by atoms with E-state index < -0.39 is 17.1 Å². The van der Waals surface area contributed by atoms with Crippen molar-refractivity contribution in [2.24, 2.45) is 45.3 Å². The number of ketones is 1. The van der Waals surface area contributed by atoms with E-state index in [1.54, 1.807) is 6.92 Å². The fourth-order valence-corrected chi connectivity index (χ4v) is 10.1. The number of esters is 1. The molecule has 0 aromatic heterocycles. The number of aliphatic hydroxyl groups excluding tert-OH is 2. The van der Waals surface area contributed by atoms with Gasteiger partial charge in [-0.1, -0.05) is 59.8 Å². The van der Waals surface area contributed by atoms with Crippen molar-refractivity contribution in [3.8, 4) is 0 Å². The SMILES string of the molecule is CC(=O)O[C@H]1C[C@H]([C@H](C)[C@@H]2CC=C(C)[C@@H](O)O2)[C@@]2(C)[C@H](C(C)=O)C=C3C(=CC[C@H]4C(C)(C)[C@@H](O)CC[C@]34C)[C@]12C. The minimum atomic E-state index is -0.921. The molecule has 2 N–H and O–H groups in total. The van der Waals surface area contributed by atoms with Gasteiger partial charge in [-0.05, 0) is 96.7 Å². The van der Waals surface area contributed by atoms with Crippen LogP contribution in [0.2, 0.25) is 0 Å². The minimum Gasteiger partial charge on any atom is -0.462 e. The van der Waals surface area contributed by atoms with Gasteiger partial charge < -0.3 is 19.7 Å². The van der Waals surface area contributed by atoms with Gasteiger partial charge in [0.05, 0.1) is 12.2 Å². The Kier molecular flexibility index (Phi) is 7.16. The number of aliphatic hydroxyl groups is 2. The summed E-state index contributed by atoms with van der Waals surface area (Å²) in [6.07, 6.45) is 8.60. The van der Waals surface area contributed by atoms with Crippen LogP contribution in [0.4, 0.5) is 0 Å². The van der Waals surface area contributed by atoms with Crippen LogP contribution in [-0.4, -0.2) is 46.6 Å². The molecule has 0 saturated heterocycles. The van der Waals surface area contributed by atoms with Gasteiger partial charge in [-0.2, -0.15) is 0 Å². The second-order valence-electron chi connectivity index (χ2n) is 14.9. The lowest BCUT2D eigenvalue weighted by molar-refractivity contribution is -0.157. The first-order valence-corrected chi connectivity index (χ1v) is 15.3. The molecule has 5 rings (SSSR count). The zero-order valence-corrected chi connectivity index (χ0v) is 25.9. The highest BCUT2D eigenvalue weighted by atomic mass is 16.6. The molecule has 0 aromatic carbocycles. The van der Waals surface area contributed by atoms with Crippen molar-refractivity contribution in [2.75, 3.05) is 0 Å². The van der Waals surface area contributed by atoms with E-state index in [9.17, 15) is 19.8 Å². The van der Waals surface area contributed by atoms with E-state index >= 15 is 0 Å². The molecule has 6 heteroatoms. The number of fused-ring (bicyclic) bond motifs is 5. The first-order chi connectivity index (χ1) is 18.5. The van der Waals surface area contributed by atoms with Crippen LogP contribution in [0.1, 0.15) is 94.4 Å². The fraction of sp³-hybridized carbons (Fsp3) is 0.765. The van der Waals surface area contributed by atoms with Gasteiger partial charge in [-0.15, -0.1) is 0 Å². The van der Waals surface area contributed by atoms with Crippen LogP contribution in [-0.2, 0) is 19.1 Å². The van der Waals surface area contributed by atoms with Gasteiger partial charge in [0.1, 0.15) is 11.9 Å². The lowest BCUT2D eigenvalue weighted by Crippen LogP contribution is -2.59. The van der Waals surface area contributed by atoms with Crippen molar-refractivity contribution in [2.45, 2.75) is 119 Å². The van der Waals surface area contributed by atoms with Crippen LogP contribution in [0.15, 0.2) is 34.9 Å². The highest BCUT2D eigenvalue weighted by molar-refractivity contribution is 5.83. The molecule has 11 atom stereocenters. The molecule has 5 aliphatic rings. The summed E-state index contributed by atoms with van der Waals surface area (Å²) in [6, 6.07) is 0. The highest BCUT2D eigenvalue weighted by Gasteiger charge is 2.71. The van der Waals surface area contributed by atoms with E-state index in [2.05, 4.69) is 59.8 Å². The normalized spacial score (nSPS) is 46.6. The lowest BCUT2D eigenvalue weighted by atomic mass is 9.42. The molecule has 1 heterocycles. The number of allylic oxidation sites excluding steroid dienone is 3. The molecule has 0 aromatic rings. The third-order valence-corrected chi connectivity index (χ3v) is 12.8. The number of rotatable bonds is 4. The molecular weight excluding hydrogens is 504 g/mol. The van der Waals surface area contributed by atoms with Crippen LogP contribution >= 0.6 is 0 Å². The molecule has 2 saturated carbocycles. The maximum Gasteiger partial charge on any atom is 0.302 e. The Morgan fingerprint density at radius 3 is 2.33 bits per heavy atom. The maximum absolute atomic E-state index is 13.7. The standard InChI is InChI=1S/C34H50O6/c1-18-10-12-26(40-30(18)38)19(2)23-17-29(39-21(4)36)34(9)22-11-13-27-31(5,6)28(37)14-15-32(27,7)25(22)16-24(20(3)35)33(23,34)8/h10-11,16,19,23-24,26-30,37-38H,12-15,17H2,1-9H3/t19-,23+,24-,26-,27-,28-,29-,30-,32+,33-,34+/m0/s1. The molecule has 222 valence electrons. The van der Waals surface area contributed by atoms with Crippen LogP contribution in [0.25, 0.3) is 0 Å². The number of carbonyl (C=O) groups excluding carboxylic acids is 2. The average molecular weight is 555 g/mol. The topological polar surface area (TPSA) is 93.1 Å². The number of hydrogen-bond acceptors (Lipinski definition) is 6. The number of Topliss-reactive ketones (excluding diaryl/α,β-unsaturated/α-hetero) is 1. The van der Waals surface area contributed by atoms with Gasteiger partial charge >= 0.3 is 5.97 Å². The number of ether oxygens (including phenoxy) is 2. The van der Waals surface area contributed by atoms with Gasteiger partial charge in [0.15, 0.2) is 6.29 Å². The Morgan fingerprint density at radius 2 is 1.73 bits per heavy atom. The van der Waals surface area contributed by atoms with Crippen LogP contribution in [0.5, 0.6) is 0 Å². The molecule has 0 bridgehead atoms. The molecule has 0 unspecified atom stereocenters. The smallest absolute Gasteiger partial charge is 0.302 e.